The molecule has 1 saturated heterocycles. The summed E-state index contributed by atoms with van der Waals surface area (Å²) < 4.78 is 0. The molecular formula is C16H18N2O4. The number of aryl methyl sites for hydroxylation is 1. The average molecular weight is 302 g/mol. The van der Waals surface area contributed by atoms with Crippen molar-refractivity contribution in [3.8, 4) is 0 Å². The normalized spacial score (nSPS) is 17.6. The Bertz CT molecular complexity index is 742. The number of aliphatic carboxylic acids is 1. The predicted octanol–water partition coefficient (Wildman–Crippen LogP) is 1.53. The molecule has 116 valence electrons. The summed E-state index contributed by atoms with van der Waals surface area (Å²) in [5, 5.41) is 19.9. The van der Waals surface area contributed by atoms with Gasteiger partial charge in [0.25, 0.3) is 5.91 Å². The third-order valence-electron chi connectivity index (χ3n) is 4.28. The average Bonchev–Trinajstić information content (AvgIpc) is 2.90. The summed E-state index contributed by atoms with van der Waals surface area (Å²) >= 11 is 0. The number of aromatic nitrogens is 1. The Morgan fingerprint density at radius 1 is 1.23 bits per heavy atom. The Labute approximate surface area is 127 Å². The number of amides is 1. The van der Waals surface area contributed by atoms with Gasteiger partial charge in [-0.2, -0.15) is 0 Å². The number of hydrogen-bond donors (Lipinski definition) is 3. The second kappa shape index (κ2) is 5.14. The minimum absolute atomic E-state index is 0.0490. The maximum Gasteiger partial charge on any atom is 0.335 e. The molecule has 0 saturated carbocycles. The maximum atomic E-state index is 12.5. The highest BCUT2D eigenvalue weighted by Crippen LogP contribution is 2.24. The van der Waals surface area contributed by atoms with Crippen LogP contribution in [0, 0.1) is 6.92 Å². The summed E-state index contributed by atoms with van der Waals surface area (Å²) in [6.45, 7) is 2.45. The maximum absolute atomic E-state index is 12.5. The van der Waals surface area contributed by atoms with Crippen molar-refractivity contribution in [3.05, 3.63) is 35.5 Å². The lowest BCUT2D eigenvalue weighted by Crippen LogP contribution is -2.50. The zero-order chi connectivity index (χ0) is 15.9. The molecule has 0 unspecified atom stereocenters. The molecule has 2 heterocycles. The van der Waals surface area contributed by atoms with Gasteiger partial charge in [0.05, 0.1) is 0 Å². The number of likely N-dealkylation sites (tertiary alicyclic amines) is 1. The van der Waals surface area contributed by atoms with Gasteiger partial charge in [-0.15, -0.1) is 0 Å². The SMILES string of the molecule is Cc1ccc2cc(C(=O)N3CCC(O)(C(=O)O)CC3)[nH]c2c1. The van der Waals surface area contributed by atoms with Crippen LogP contribution in [0.5, 0.6) is 0 Å². The molecule has 3 rings (SSSR count). The van der Waals surface area contributed by atoms with Crippen molar-refractivity contribution in [2.75, 3.05) is 13.1 Å². The molecule has 1 fully saturated rings. The first-order chi connectivity index (χ1) is 10.4. The van der Waals surface area contributed by atoms with E-state index in [1.807, 2.05) is 25.1 Å². The number of fused-ring (bicyclic) bond motifs is 1. The lowest BCUT2D eigenvalue weighted by atomic mass is 9.91. The molecule has 1 aromatic heterocycles. The number of benzene rings is 1. The summed E-state index contributed by atoms with van der Waals surface area (Å²) in [5.41, 5.74) is 0.788. The van der Waals surface area contributed by atoms with E-state index in [1.165, 1.54) is 0 Å². The highest BCUT2D eigenvalue weighted by Gasteiger charge is 2.40. The van der Waals surface area contributed by atoms with Crippen LogP contribution in [-0.4, -0.2) is 50.7 Å². The number of rotatable bonds is 2. The number of nitrogens with one attached hydrogen (secondary N) is 1. The molecule has 2 aromatic rings. The molecule has 0 atom stereocenters. The van der Waals surface area contributed by atoms with Crippen molar-refractivity contribution < 1.29 is 19.8 Å². The smallest absolute Gasteiger partial charge is 0.335 e. The van der Waals surface area contributed by atoms with E-state index >= 15 is 0 Å². The highest BCUT2D eigenvalue weighted by molar-refractivity contribution is 5.98. The number of hydrogen-bond acceptors (Lipinski definition) is 3. The molecule has 1 aliphatic heterocycles. The Morgan fingerprint density at radius 3 is 2.55 bits per heavy atom. The molecule has 1 aromatic carbocycles. The van der Waals surface area contributed by atoms with E-state index in [1.54, 1.807) is 11.0 Å². The van der Waals surface area contributed by atoms with Gasteiger partial charge in [-0.05, 0) is 24.6 Å². The number of carbonyl (C=O) groups excluding carboxylic acids is 1. The molecule has 0 radical (unpaired) electrons. The second-order valence-electron chi connectivity index (χ2n) is 5.90. The third-order valence-corrected chi connectivity index (χ3v) is 4.28. The van der Waals surface area contributed by atoms with E-state index in [-0.39, 0.29) is 31.8 Å². The lowest BCUT2D eigenvalue weighted by Gasteiger charge is -2.35. The standard InChI is InChI=1S/C16H18N2O4/c1-10-2-3-11-9-13(17-12(11)8-10)14(19)18-6-4-16(22,5-7-18)15(20)21/h2-3,8-9,17,22H,4-7H2,1H3,(H,20,21). The fourth-order valence-electron chi connectivity index (χ4n) is 2.82. The van der Waals surface area contributed by atoms with Crippen molar-refractivity contribution in [3.63, 3.8) is 0 Å². The largest absolute Gasteiger partial charge is 0.479 e. The van der Waals surface area contributed by atoms with Gasteiger partial charge in [-0.25, -0.2) is 4.79 Å². The predicted molar refractivity (Wildman–Crippen MR) is 80.8 cm³/mol. The van der Waals surface area contributed by atoms with Gasteiger partial charge in [0, 0.05) is 36.8 Å². The molecule has 1 aliphatic rings. The molecule has 6 heteroatoms. The van der Waals surface area contributed by atoms with Gasteiger partial charge in [0.2, 0.25) is 0 Å². The van der Waals surface area contributed by atoms with Crippen molar-refractivity contribution in [2.24, 2.45) is 0 Å². The van der Waals surface area contributed by atoms with Crippen LogP contribution >= 0.6 is 0 Å². The van der Waals surface area contributed by atoms with E-state index in [0.717, 1.165) is 16.5 Å². The molecule has 22 heavy (non-hydrogen) atoms. The number of aliphatic hydroxyl groups is 1. The number of nitrogens with zero attached hydrogens (tertiary/aromatic N) is 1. The van der Waals surface area contributed by atoms with Crippen LogP contribution in [0.2, 0.25) is 0 Å². The van der Waals surface area contributed by atoms with Gasteiger partial charge >= 0.3 is 5.97 Å². The van der Waals surface area contributed by atoms with Gasteiger partial charge in [-0.3, -0.25) is 4.79 Å². The number of carbonyl (C=O) groups is 2. The fourth-order valence-corrected chi connectivity index (χ4v) is 2.82. The molecule has 0 spiro atoms. The highest BCUT2D eigenvalue weighted by atomic mass is 16.4. The summed E-state index contributed by atoms with van der Waals surface area (Å²) in [7, 11) is 0. The summed E-state index contributed by atoms with van der Waals surface area (Å²) in [5.74, 6) is -1.39. The summed E-state index contributed by atoms with van der Waals surface area (Å²) in [4.78, 5) is 28.2. The minimum Gasteiger partial charge on any atom is -0.479 e. The van der Waals surface area contributed by atoms with Crippen molar-refractivity contribution in [2.45, 2.75) is 25.4 Å². The Balaban J connectivity index is 1.78. The number of aromatic amines is 1. The van der Waals surface area contributed by atoms with Gasteiger partial charge in [-0.1, -0.05) is 12.1 Å². The first-order valence-electron chi connectivity index (χ1n) is 7.23. The van der Waals surface area contributed by atoms with Crippen molar-refractivity contribution >= 4 is 22.8 Å². The summed E-state index contributed by atoms with van der Waals surface area (Å²) in [6, 6.07) is 7.72. The lowest BCUT2D eigenvalue weighted by molar-refractivity contribution is -0.162. The zero-order valence-electron chi connectivity index (χ0n) is 12.3. The van der Waals surface area contributed by atoms with Crippen LogP contribution in [0.25, 0.3) is 10.9 Å². The molecular weight excluding hydrogens is 284 g/mol. The van der Waals surface area contributed by atoms with E-state index < -0.39 is 11.6 Å². The van der Waals surface area contributed by atoms with E-state index in [9.17, 15) is 14.7 Å². The molecule has 6 nitrogen and oxygen atoms in total. The molecule has 0 bridgehead atoms. The van der Waals surface area contributed by atoms with Crippen LogP contribution < -0.4 is 0 Å². The first kappa shape index (κ1) is 14.6. The summed E-state index contributed by atoms with van der Waals surface area (Å²) in [6.07, 6.45) is 0.0980. The number of piperidine rings is 1. The third kappa shape index (κ3) is 2.46. The number of carboxylic acid groups (broad SMARTS) is 1. The van der Waals surface area contributed by atoms with Gasteiger partial charge in [0.1, 0.15) is 5.69 Å². The van der Waals surface area contributed by atoms with Crippen LogP contribution in [0.3, 0.4) is 0 Å². The quantitative estimate of drug-likeness (QED) is 0.784. The minimum atomic E-state index is -1.71. The number of H-pyrrole nitrogens is 1. The first-order valence-corrected chi connectivity index (χ1v) is 7.23. The number of carboxylic acids is 1. The van der Waals surface area contributed by atoms with Crippen LogP contribution in [0.15, 0.2) is 24.3 Å². The van der Waals surface area contributed by atoms with E-state index in [0.29, 0.717) is 5.69 Å². The van der Waals surface area contributed by atoms with Gasteiger partial charge < -0.3 is 20.1 Å². The van der Waals surface area contributed by atoms with Crippen LogP contribution in [-0.2, 0) is 4.79 Å². The van der Waals surface area contributed by atoms with Crippen molar-refractivity contribution in [1.82, 2.24) is 9.88 Å². The van der Waals surface area contributed by atoms with Crippen LogP contribution in [0.4, 0.5) is 0 Å². The van der Waals surface area contributed by atoms with E-state index in [2.05, 4.69) is 4.98 Å². The molecule has 0 aliphatic carbocycles. The molecule has 1 amide bonds. The van der Waals surface area contributed by atoms with E-state index in [4.69, 9.17) is 5.11 Å². The molecule has 3 N–H and O–H groups in total. The zero-order valence-corrected chi connectivity index (χ0v) is 12.3. The van der Waals surface area contributed by atoms with Gasteiger partial charge in [0.15, 0.2) is 5.60 Å². The second-order valence-corrected chi connectivity index (χ2v) is 5.90. The fraction of sp³-hybridized carbons (Fsp3) is 0.375. The van der Waals surface area contributed by atoms with Crippen LogP contribution in [0.1, 0.15) is 28.9 Å². The monoisotopic (exact) mass is 302 g/mol. The Hall–Kier alpha value is -2.34. The van der Waals surface area contributed by atoms with Crippen molar-refractivity contribution in [1.29, 1.82) is 0 Å². The topological polar surface area (TPSA) is 93.6 Å². The Kier molecular flexibility index (Phi) is 3.41. The Morgan fingerprint density at radius 2 is 1.91 bits per heavy atom.